The molecule has 0 spiro atoms. The molecule has 0 heterocycles. The van der Waals surface area contributed by atoms with Crippen LogP contribution in [0, 0.1) is 5.41 Å². The number of thiocarbonyl (C=S) groups is 1. The van der Waals surface area contributed by atoms with Gasteiger partial charge in [-0.05, 0) is 36.2 Å². The van der Waals surface area contributed by atoms with Crippen LogP contribution in [0.25, 0.3) is 0 Å². The Morgan fingerprint density at radius 3 is 2.44 bits per heavy atom. The third-order valence-electron chi connectivity index (χ3n) is 3.64. The average molecular weight is 365 g/mol. The molecule has 0 aliphatic rings. The molecule has 1 unspecified atom stereocenters. The molecule has 25 heavy (non-hydrogen) atoms. The van der Waals surface area contributed by atoms with Crippen LogP contribution in [-0.2, 0) is 9.59 Å². The van der Waals surface area contributed by atoms with Gasteiger partial charge in [-0.1, -0.05) is 52.8 Å². The van der Waals surface area contributed by atoms with Gasteiger partial charge < -0.3 is 10.1 Å². The minimum Gasteiger partial charge on any atom is -0.483 e. The SMILES string of the molecule is CCC(C)c1ccccc1OCC(=O)NNC(=S)NC(=O)C(C)(C)C. The molecule has 1 atom stereocenters. The molecule has 0 aromatic heterocycles. The van der Waals surface area contributed by atoms with E-state index < -0.39 is 11.3 Å². The monoisotopic (exact) mass is 365 g/mol. The molecule has 6 nitrogen and oxygen atoms in total. The van der Waals surface area contributed by atoms with Crippen molar-refractivity contribution < 1.29 is 14.3 Å². The molecule has 0 radical (unpaired) electrons. The Balaban J connectivity index is 2.46. The summed E-state index contributed by atoms with van der Waals surface area (Å²) in [6.07, 6.45) is 0.982. The Bertz CT molecular complexity index is 626. The summed E-state index contributed by atoms with van der Waals surface area (Å²) in [6, 6.07) is 7.66. The van der Waals surface area contributed by atoms with Crippen molar-refractivity contribution in [3.63, 3.8) is 0 Å². The first-order valence-electron chi connectivity index (χ1n) is 8.27. The van der Waals surface area contributed by atoms with Gasteiger partial charge in [0.2, 0.25) is 5.91 Å². The molecule has 0 aliphatic heterocycles. The minimum atomic E-state index is -0.571. The standard InChI is InChI=1S/C18H27N3O3S/c1-6-12(2)13-9-7-8-10-14(13)24-11-15(22)20-21-17(25)19-16(23)18(3,4)5/h7-10,12H,6,11H2,1-5H3,(H,20,22)(H2,19,21,23,25). The quantitative estimate of drug-likeness (QED) is 0.552. The molecule has 1 rings (SSSR count). The van der Waals surface area contributed by atoms with Gasteiger partial charge in [0.15, 0.2) is 11.7 Å². The number of carbonyl (C=O) groups excluding carboxylic acids is 2. The Morgan fingerprint density at radius 1 is 1.20 bits per heavy atom. The molecule has 0 saturated heterocycles. The molecule has 0 fully saturated rings. The maximum Gasteiger partial charge on any atom is 0.276 e. The van der Waals surface area contributed by atoms with Crippen LogP contribution in [0.2, 0.25) is 0 Å². The van der Waals surface area contributed by atoms with Gasteiger partial charge in [-0.2, -0.15) is 0 Å². The number of benzene rings is 1. The van der Waals surface area contributed by atoms with Crippen molar-refractivity contribution in [1.82, 2.24) is 16.2 Å². The normalized spacial score (nSPS) is 12.0. The predicted molar refractivity (Wildman–Crippen MR) is 102 cm³/mol. The third-order valence-corrected chi connectivity index (χ3v) is 3.85. The van der Waals surface area contributed by atoms with Crippen molar-refractivity contribution in [3.8, 4) is 5.75 Å². The summed E-state index contributed by atoms with van der Waals surface area (Å²) in [6.45, 7) is 9.37. The maximum absolute atomic E-state index is 11.9. The van der Waals surface area contributed by atoms with Crippen molar-refractivity contribution in [2.75, 3.05) is 6.61 Å². The average Bonchev–Trinajstić information content (AvgIpc) is 2.56. The van der Waals surface area contributed by atoms with Crippen LogP contribution in [0.5, 0.6) is 5.75 Å². The summed E-state index contributed by atoms with van der Waals surface area (Å²) in [4.78, 5) is 23.7. The highest BCUT2D eigenvalue weighted by molar-refractivity contribution is 7.80. The van der Waals surface area contributed by atoms with Crippen LogP contribution in [-0.4, -0.2) is 23.5 Å². The van der Waals surface area contributed by atoms with Crippen molar-refractivity contribution in [2.45, 2.75) is 47.0 Å². The van der Waals surface area contributed by atoms with Crippen molar-refractivity contribution in [1.29, 1.82) is 0 Å². The third kappa shape index (κ3) is 7.09. The van der Waals surface area contributed by atoms with E-state index in [1.165, 1.54) is 0 Å². The number of hydrazine groups is 1. The van der Waals surface area contributed by atoms with E-state index in [4.69, 9.17) is 17.0 Å². The van der Waals surface area contributed by atoms with Gasteiger partial charge in [0, 0.05) is 5.41 Å². The molecule has 0 saturated carbocycles. The van der Waals surface area contributed by atoms with E-state index >= 15 is 0 Å². The van der Waals surface area contributed by atoms with Crippen LogP contribution in [0.4, 0.5) is 0 Å². The largest absolute Gasteiger partial charge is 0.483 e. The van der Waals surface area contributed by atoms with E-state index in [-0.39, 0.29) is 17.6 Å². The van der Waals surface area contributed by atoms with Crippen molar-refractivity contribution in [2.24, 2.45) is 5.41 Å². The van der Waals surface area contributed by atoms with Gasteiger partial charge >= 0.3 is 0 Å². The first-order chi connectivity index (χ1) is 11.6. The van der Waals surface area contributed by atoms with Crippen LogP contribution in [0.15, 0.2) is 24.3 Å². The van der Waals surface area contributed by atoms with E-state index in [0.29, 0.717) is 11.7 Å². The van der Waals surface area contributed by atoms with Crippen LogP contribution >= 0.6 is 12.2 Å². The summed E-state index contributed by atoms with van der Waals surface area (Å²) in [5.74, 6) is 0.400. The Kier molecular flexibility index (Phi) is 7.83. The summed E-state index contributed by atoms with van der Waals surface area (Å²) in [7, 11) is 0. The van der Waals surface area contributed by atoms with Gasteiger partial charge in [0.25, 0.3) is 5.91 Å². The van der Waals surface area contributed by atoms with Crippen LogP contribution < -0.4 is 20.9 Å². The predicted octanol–water partition coefficient (Wildman–Crippen LogP) is 2.65. The number of ether oxygens (including phenoxy) is 1. The summed E-state index contributed by atoms with van der Waals surface area (Å²) >= 11 is 4.97. The lowest BCUT2D eigenvalue weighted by atomic mass is 9.96. The number of hydrogen-bond donors (Lipinski definition) is 3. The lowest BCUT2D eigenvalue weighted by Gasteiger charge is -2.19. The second-order valence-corrected chi connectivity index (χ2v) is 7.25. The number of carbonyl (C=O) groups is 2. The lowest BCUT2D eigenvalue weighted by Crippen LogP contribution is -2.51. The molecule has 0 aliphatic carbocycles. The fourth-order valence-corrected chi connectivity index (χ4v) is 2.01. The summed E-state index contributed by atoms with van der Waals surface area (Å²) in [5.41, 5.74) is 5.39. The topological polar surface area (TPSA) is 79.5 Å². The highest BCUT2D eigenvalue weighted by Gasteiger charge is 2.22. The summed E-state index contributed by atoms with van der Waals surface area (Å²) in [5, 5.41) is 2.54. The highest BCUT2D eigenvalue weighted by atomic mass is 32.1. The van der Waals surface area contributed by atoms with Crippen LogP contribution in [0.3, 0.4) is 0 Å². The Morgan fingerprint density at radius 2 is 1.84 bits per heavy atom. The molecular formula is C18H27N3O3S. The van der Waals surface area contributed by atoms with E-state index in [0.717, 1.165) is 12.0 Å². The number of hydrogen-bond acceptors (Lipinski definition) is 4. The Labute approximate surface area is 154 Å². The molecule has 3 N–H and O–H groups in total. The van der Waals surface area contributed by atoms with E-state index in [9.17, 15) is 9.59 Å². The van der Waals surface area contributed by atoms with Gasteiger partial charge in [-0.25, -0.2) is 0 Å². The first kappa shape index (κ1) is 20.9. The van der Waals surface area contributed by atoms with Crippen LogP contribution in [0.1, 0.15) is 52.5 Å². The zero-order valence-corrected chi connectivity index (χ0v) is 16.3. The van der Waals surface area contributed by atoms with E-state index in [1.807, 2.05) is 24.3 Å². The zero-order valence-electron chi connectivity index (χ0n) is 15.4. The molecule has 0 bridgehead atoms. The second kappa shape index (κ2) is 9.36. The van der Waals surface area contributed by atoms with Gasteiger partial charge in [0.05, 0.1) is 0 Å². The number of rotatable bonds is 5. The Hall–Kier alpha value is -2.15. The van der Waals surface area contributed by atoms with Gasteiger partial charge in [0.1, 0.15) is 5.75 Å². The van der Waals surface area contributed by atoms with Crippen molar-refractivity contribution in [3.05, 3.63) is 29.8 Å². The molecule has 1 aromatic carbocycles. The molecule has 2 amide bonds. The van der Waals surface area contributed by atoms with Gasteiger partial charge in [-0.15, -0.1) is 0 Å². The molecule has 7 heteroatoms. The lowest BCUT2D eigenvalue weighted by molar-refractivity contribution is -0.127. The number of amides is 2. The molecule has 1 aromatic rings. The fourth-order valence-electron chi connectivity index (χ4n) is 1.87. The zero-order chi connectivity index (χ0) is 19.0. The number of nitrogens with one attached hydrogen (secondary N) is 3. The maximum atomic E-state index is 11.9. The molecular weight excluding hydrogens is 338 g/mol. The highest BCUT2D eigenvalue weighted by Crippen LogP contribution is 2.28. The fraction of sp³-hybridized carbons (Fsp3) is 0.500. The smallest absolute Gasteiger partial charge is 0.276 e. The van der Waals surface area contributed by atoms with Gasteiger partial charge in [-0.3, -0.25) is 20.4 Å². The number of para-hydroxylation sites is 1. The second-order valence-electron chi connectivity index (χ2n) is 6.84. The minimum absolute atomic E-state index is 0.0354. The van der Waals surface area contributed by atoms with E-state index in [2.05, 4.69) is 30.0 Å². The molecule has 138 valence electrons. The van der Waals surface area contributed by atoms with E-state index in [1.54, 1.807) is 20.8 Å². The summed E-state index contributed by atoms with van der Waals surface area (Å²) < 4.78 is 5.61. The first-order valence-corrected chi connectivity index (χ1v) is 8.68. The van der Waals surface area contributed by atoms with Crippen molar-refractivity contribution >= 4 is 29.1 Å².